The van der Waals surface area contributed by atoms with E-state index in [4.69, 9.17) is 5.11 Å². The van der Waals surface area contributed by atoms with E-state index in [1.807, 2.05) is 0 Å². The summed E-state index contributed by atoms with van der Waals surface area (Å²) in [6.07, 6.45) is -4.70. The highest BCUT2D eigenvalue weighted by atomic mass is 19.4. The molecule has 0 saturated carbocycles. The molecule has 0 unspecified atom stereocenters. The summed E-state index contributed by atoms with van der Waals surface area (Å²) in [5.74, 6) is -1.97. The molecule has 0 radical (unpaired) electrons. The maximum atomic E-state index is 11.4. The molecule has 0 aliphatic heterocycles. The molecule has 0 aromatic carbocycles. The molecule has 0 aliphatic carbocycles. The first kappa shape index (κ1) is 10.2. The highest BCUT2D eigenvalue weighted by Gasteiger charge is 2.37. The number of carbonyl (C=O) groups excluding carboxylic acids is 1. The molecule has 2 N–H and O–H groups in total. The Kier molecular flexibility index (Phi) is 3.88. The van der Waals surface area contributed by atoms with Crippen LogP contribution < -0.4 is 5.32 Å². The number of halogens is 3. The highest BCUT2D eigenvalue weighted by molar-refractivity contribution is 5.81. The molecule has 0 atom stereocenters. The number of amides is 1. The van der Waals surface area contributed by atoms with E-state index in [9.17, 15) is 18.0 Å². The number of nitrogens with one attached hydrogen (secondary N) is 1. The van der Waals surface area contributed by atoms with E-state index in [1.165, 1.54) is 0 Å². The minimum atomic E-state index is -4.82. The van der Waals surface area contributed by atoms with E-state index in [-0.39, 0.29) is 19.6 Å². The topological polar surface area (TPSA) is 49.3 Å². The molecule has 0 bridgehead atoms. The fourth-order valence-electron chi connectivity index (χ4n) is 0.381. The van der Waals surface area contributed by atoms with Crippen molar-refractivity contribution in [1.29, 1.82) is 0 Å². The first-order valence-corrected chi connectivity index (χ1v) is 2.94. The van der Waals surface area contributed by atoms with Gasteiger partial charge in [-0.1, -0.05) is 0 Å². The van der Waals surface area contributed by atoms with E-state index in [2.05, 4.69) is 0 Å². The molecular weight excluding hydrogens is 163 g/mol. The van der Waals surface area contributed by atoms with Crippen molar-refractivity contribution in [3.63, 3.8) is 0 Å². The van der Waals surface area contributed by atoms with Crippen LogP contribution >= 0.6 is 0 Å². The molecule has 0 heterocycles. The average Bonchev–Trinajstić information content (AvgIpc) is 1.86. The lowest BCUT2D eigenvalue weighted by atomic mass is 10.4. The van der Waals surface area contributed by atoms with E-state index in [0.29, 0.717) is 0 Å². The van der Waals surface area contributed by atoms with E-state index in [0.717, 1.165) is 0 Å². The van der Waals surface area contributed by atoms with Gasteiger partial charge in [0.1, 0.15) is 0 Å². The van der Waals surface area contributed by atoms with Crippen molar-refractivity contribution in [1.82, 2.24) is 5.32 Å². The van der Waals surface area contributed by atoms with Crippen LogP contribution in [-0.2, 0) is 4.79 Å². The normalized spacial score (nSPS) is 11.3. The van der Waals surface area contributed by atoms with Crippen LogP contribution in [-0.4, -0.2) is 30.3 Å². The van der Waals surface area contributed by atoms with Gasteiger partial charge in [-0.2, -0.15) is 13.2 Å². The van der Waals surface area contributed by atoms with Crippen LogP contribution in [0, 0.1) is 0 Å². The Hall–Kier alpha value is -0.780. The quantitative estimate of drug-likeness (QED) is 0.589. The molecule has 0 fully saturated rings. The van der Waals surface area contributed by atoms with Gasteiger partial charge in [0.25, 0.3) is 0 Å². The van der Waals surface area contributed by atoms with Crippen LogP contribution in [0.25, 0.3) is 0 Å². The maximum Gasteiger partial charge on any atom is 0.471 e. The molecular formula is C5H8F3NO2. The van der Waals surface area contributed by atoms with Gasteiger partial charge >= 0.3 is 12.1 Å². The Morgan fingerprint density at radius 1 is 1.45 bits per heavy atom. The smallest absolute Gasteiger partial charge is 0.396 e. The van der Waals surface area contributed by atoms with Crippen molar-refractivity contribution in [2.24, 2.45) is 0 Å². The second-order valence-corrected chi connectivity index (χ2v) is 1.83. The van der Waals surface area contributed by atoms with Gasteiger partial charge in [-0.05, 0) is 6.42 Å². The average molecular weight is 171 g/mol. The molecule has 0 aromatic heterocycles. The third-order valence-corrected chi connectivity index (χ3v) is 0.878. The zero-order valence-corrected chi connectivity index (χ0v) is 5.61. The van der Waals surface area contributed by atoms with Crippen molar-refractivity contribution < 1.29 is 23.1 Å². The predicted molar refractivity (Wildman–Crippen MR) is 30.8 cm³/mol. The Balaban J connectivity index is 3.54. The van der Waals surface area contributed by atoms with Crippen molar-refractivity contribution in [3.8, 4) is 0 Å². The summed E-state index contributed by atoms with van der Waals surface area (Å²) in [5, 5.41) is 9.75. The molecule has 0 aromatic rings. The monoisotopic (exact) mass is 171 g/mol. The summed E-state index contributed by atoms with van der Waals surface area (Å²) in [5.41, 5.74) is 0. The fraction of sp³-hybridized carbons (Fsp3) is 0.800. The molecule has 0 spiro atoms. The number of hydrogen-bond acceptors (Lipinski definition) is 2. The summed E-state index contributed by atoms with van der Waals surface area (Å²) in [7, 11) is 0. The van der Waals surface area contributed by atoms with Gasteiger partial charge in [0.15, 0.2) is 0 Å². The van der Waals surface area contributed by atoms with Gasteiger partial charge in [-0.3, -0.25) is 4.79 Å². The van der Waals surface area contributed by atoms with E-state index >= 15 is 0 Å². The third-order valence-electron chi connectivity index (χ3n) is 0.878. The first-order valence-electron chi connectivity index (χ1n) is 2.94. The Morgan fingerprint density at radius 2 is 2.00 bits per heavy atom. The lowest BCUT2D eigenvalue weighted by molar-refractivity contribution is -0.173. The zero-order chi connectivity index (χ0) is 8.91. The molecule has 3 nitrogen and oxygen atoms in total. The second-order valence-electron chi connectivity index (χ2n) is 1.83. The van der Waals surface area contributed by atoms with Crippen molar-refractivity contribution >= 4 is 5.91 Å². The first-order chi connectivity index (χ1) is 4.98. The molecule has 6 heteroatoms. The summed E-state index contributed by atoms with van der Waals surface area (Å²) >= 11 is 0. The van der Waals surface area contributed by atoms with Crippen LogP contribution in [0.3, 0.4) is 0 Å². The van der Waals surface area contributed by atoms with Crippen LogP contribution in [0.1, 0.15) is 6.42 Å². The minimum absolute atomic E-state index is 0.127. The van der Waals surface area contributed by atoms with Gasteiger partial charge < -0.3 is 10.4 Å². The van der Waals surface area contributed by atoms with Gasteiger partial charge in [0.05, 0.1) is 0 Å². The minimum Gasteiger partial charge on any atom is -0.396 e. The number of alkyl halides is 3. The van der Waals surface area contributed by atoms with Gasteiger partial charge in [-0.15, -0.1) is 0 Å². The molecule has 11 heavy (non-hydrogen) atoms. The lowest BCUT2D eigenvalue weighted by Crippen LogP contribution is -2.37. The summed E-state index contributed by atoms with van der Waals surface area (Å²) < 4.78 is 34.2. The summed E-state index contributed by atoms with van der Waals surface area (Å²) in [6.45, 7) is -0.396. The third kappa shape index (κ3) is 4.60. The van der Waals surface area contributed by atoms with Crippen molar-refractivity contribution in [2.75, 3.05) is 13.2 Å². The van der Waals surface area contributed by atoms with Crippen LogP contribution in [0.2, 0.25) is 0 Å². The largest absolute Gasteiger partial charge is 0.471 e. The van der Waals surface area contributed by atoms with Gasteiger partial charge in [-0.25, -0.2) is 0 Å². The Labute approximate surface area is 61.2 Å². The predicted octanol–water partition coefficient (Wildman–Crippen LogP) is 0.0473. The standard InChI is InChI=1S/C5H8F3NO2/c6-5(7,8)4(11)9-2-1-3-10/h10H,1-3H2,(H,9,11). The molecule has 0 rings (SSSR count). The molecule has 66 valence electrons. The maximum absolute atomic E-state index is 11.4. The number of rotatable bonds is 3. The summed E-state index contributed by atoms with van der Waals surface area (Å²) in [4.78, 5) is 10.0. The van der Waals surface area contributed by atoms with Gasteiger partial charge in [0.2, 0.25) is 0 Å². The fourth-order valence-corrected chi connectivity index (χ4v) is 0.381. The van der Waals surface area contributed by atoms with Crippen LogP contribution in [0.4, 0.5) is 13.2 Å². The number of carbonyl (C=O) groups is 1. The molecule has 1 amide bonds. The Bertz CT molecular complexity index is 134. The lowest BCUT2D eigenvalue weighted by Gasteiger charge is -2.05. The van der Waals surface area contributed by atoms with Crippen LogP contribution in [0.5, 0.6) is 0 Å². The number of aliphatic hydroxyl groups is 1. The molecule has 0 saturated heterocycles. The SMILES string of the molecule is O=C(NCCCO)C(F)(F)F. The van der Waals surface area contributed by atoms with Gasteiger partial charge in [0, 0.05) is 13.2 Å². The van der Waals surface area contributed by atoms with Crippen molar-refractivity contribution in [2.45, 2.75) is 12.6 Å². The van der Waals surface area contributed by atoms with E-state index < -0.39 is 12.1 Å². The highest BCUT2D eigenvalue weighted by Crippen LogP contribution is 2.13. The number of aliphatic hydroxyl groups excluding tert-OH is 1. The second kappa shape index (κ2) is 4.17. The van der Waals surface area contributed by atoms with Crippen molar-refractivity contribution in [3.05, 3.63) is 0 Å². The number of hydrogen-bond donors (Lipinski definition) is 2. The Morgan fingerprint density at radius 3 is 2.36 bits per heavy atom. The van der Waals surface area contributed by atoms with Crippen LogP contribution in [0.15, 0.2) is 0 Å². The van der Waals surface area contributed by atoms with E-state index in [1.54, 1.807) is 5.32 Å². The summed E-state index contributed by atoms with van der Waals surface area (Å²) in [6, 6.07) is 0. The molecule has 0 aliphatic rings. The zero-order valence-electron chi connectivity index (χ0n) is 5.61.